The molecule has 2 aliphatic heterocycles. The smallest absolute Gasteiger partial charge is 0.323 e. The van der Waals surface area contributed by atoms with Gasteiger partial charge in [-0.3, -0.25) is 9.35 Å². The van der Waals surface area contributed by atoms with Crippen molar-refractivity contribution in [3.8, 4) is 0 Å². The molecule has 13 heavy (non-hydrogen) atoms. The number of hydrogen-bond donors (Lipinski definition) is 2. The van der Waals surface area contributed by atoms with Gasteiger partial charge in [-0.2, -0.15) is 8.42 Å². The molecule has 0 aromatic heterocycles. The second-order valence-corrected chi connectivity index (χ2v) is 4.45. The monoisotopic (exact) mass is 209 g/mol. The number of hydrogen-bond acceptors (Lipinski definition) is 5. The third-order valence-corrected chi connectivity index (χ3v) is 1.66. The minimum Gasteiger partial charge on any atom is -0.460 e. The maximum Gasteiger partial charge on any atom is 0.323 e. The van der Waals surface area contributed by atoms with Crippen LogP contribution in [0.25, 0.3) is 0 Å². The summed E-state index contributed by atoms with van der Waals surface area (Å²) in [6, 6.07) is 0.0278. The molecule has 0 aromatic carbocycles. The molecule has 0 radical (unpaired) electrons. The third-order valence-electron chi connectivity index (χ3n) is 1.66. The largest absolute Gasteiger partial charge is 0.460 e. The van der Waals surface area contributed by atoms with Gasteiger partial charge in [0.15, 0.2) is 0 Å². The van der Waals surface area contributed by atoms with E-state index in [1.807, 2.05) is 0 Å². The summed E-state index contributed by atoms with van der Waals surface area (Å²) in [5.41, 5.74) is 0. The Bertz CT molecular complexity index is 290. The van der Waals surface area contributed by atoms with Crippen LogP contribution in [-0.4, -0.2) is 43.9 Å². The van der Waals surface area contributed by atoms with Crippen LogP contribution in [0.1, 0.15) is 6.42 Å². The van der Waals surface area contributed by atoms with E-state index in [4.69, 9.17) is 9.29 Å². The Balaban J connectivity index is 0.000000149. The zero-order chi connectivity index (χ0) is 10.1. The molecule has 7 heteroatoms. The molecule has 2 heterocycles. The summed E-state index contributed by atoms with van der Waals surface area (Å²) in [6.45, 7) is 0.858. The topological polar surface area (TPSA) is 92.7 Å². The van der Waals surface area contributed by atoms with Crippen LogP contribution < -0.4 is 5.32 Å². The van der Waals surface area contributed by atoms with Crippen molar-refractivity contribution in [2.45, 2.75) is 18.6 Å². The predicted octanol–water partition coefficient (Wildman–Crippen LogP) is -1.22. The first-order valence-electron chi connectivity index (χ1n) is 3.72. The Morgan fingerprint density at radius 2 is 2.15 bits per heavy atom. The van der Waals surface area contributed by atoms with Gasteiger partial charge in [-0.05, 0) is 0 Å². The number of fused-ring (bicyclic) bond motifs is 2. The highest BCUT2D eigenvalue weighted by Crippen LogP contribution is 2.19. The quantitative estimate of drug-likeness (QED) is 0.383. The van der Waals surface area contributed by atoms with Crippen LogP contribution in [0.15, 0.2) is 0 Å². The lowest BCUT2D eigenvalue weighted by Crippen LogP contribution is -2.35. The lowest BCUT2D eigenvalue weighted by atomic mass is 10.2. The van der Waals surface area contributed by atoms with Crippen molar-refractivity contribution < 1.29 is 22.5 Å². The van der Waals surface area contributed by atoms with Crippen molar-refractivity contribution in [2.24, 2.45) is 0 Å². The molecule has 2 N–H and O–H groups in total. The highest BCUT2D eigenvalue weighted by Gasteiger charge is 2.39. The Hall–Kier alpha value is -0.660. The zero-order valence-electron chi connectivity index (χ0n) is 7.06. The zero-order valence-corrected chi connectivity index (χ0v) is 7.87. The van der Waals surface area contributed by atoms with E-state index < -0.39 is 10.1 Å². The van der Waals surface area contributed by atoms with Crippen LogP contribution in [0, 0.1) is 0 Å². The summed E-state index contributed by atoms with van der Waals surface area (Å²) in [6.07, 6.45) is 1.79. The molecule has 2 fully saturated rings. The van der Waals surface area contributed by atoms with Crippen LogP contribution >= 0.6 is 0 Å². The molecular formula is C6H11NO5S. The SMILES string of the molecule is CS(=O)(=O)O.O=C1O[C@@H]2CN[C@@H]1C2. The van der Waals surface area contributed by atoms with Gasteiger partial charge in [-0.1, -0.05) is 0 Å². The second-order valence-electron chi connectivity index (χ2n) is 2.99. The van der Waals surface area contributed by atoms with Gasteiger partial charge in [0.05, 0.1) is 6.26 Å². The molecule has 0 aliphatic carbocycles. The minimum atomic E-state index is -3.67. The maximum absolute atomic E-state index is 10.6. The molecule has 2 rings (SSSR count). The molecule has 6 nitrogen and oxygen atoms in total. The number of nitrogens with one attached hydrogen (secondary N) is 1. The molecular weight excluding hydrogens is 198 g/mol. The molecule has 0 aromatic rings. The van der Waals surface area contributed by atoms with Crippen LogP contribution in [0.2, 0.25) is 0 Å². The van der Waals surface area contributed by atoms with E-state index in [1.54, 1.807) is 0 Å². The molecule has 0 saturated carbocycles. The Labute approximate surface area is 76.0 Å². The fraction of sp³-hybridized carbons (Fsp3) is 0.833. The highest BCUT2D eigenvalue weighted by atomic mass is 32.2. The molecule has 2 saturated heterocycles. The number of esters is 1. The van der Waals surface area contributed by atoms with Crippen LogP contribution in [0.3, 0.4) is 0 Å². The van der Waals surface area contributed by atoms with E-state index >= 15 is 0 Å². The van der Waals surface area contributed by atoms with E-state index in [0.29, 0.717) is 6.26 Å². The molecule has 0 unspecified atom stereocenters. The van der Waals surface area contributed by atoms with Gasteiger partial charge >= 0.3 is 5.97 Å². The summed E-state index contributed by atoms with van der Waals surface area (Å²) in [5, 5.41) is 3.03. The summed E-state index contributed by atoms with van der Waals surface area (Å²) in [4.78, 5) is 10.6. The average Bonchev–Trinajstić information content (AvgIpc) is 2.41. The van der Waals surface area contributed by atoms with Gasteiger partial charge in [0, 0.05) is 13.0 Å². The second kappa shape index (κ2) is 3.60. The normalized spacial score (nSPS) is 30.8. The van der Waals surface area contributed by atoms with E-state index in [-0.39, 0.29) is 18.1 Å². The molecule has 76 valence electrons. The van der Waals surface area contributed by atoms with Crippen molar-refractivity contribution in [3.63, 3.8) is 0 Å². The van der Waals surface area contributed by atoms with Gasteiger partial charge in [0.2, 0.25) is 0 Å². The molecule has 2 atom stereocenters. The molecule has 0 amide bonds. The van der Waals surface area contributed by atoms with Gasteiger partial charge < -0.3 is 10.1 Å². The van der Waals surface area contributed by atoms with E-state index in [1.165, 1.54) is 0 Å². The lowest BCUT2D eigenvalue weighted by molar-refractivity contribution is -0.145. The van der Waals surface area contributed by atoms with E-state index in [0.717, 1.165) is 13.0 Å². The number of carbonyl (C=O) groups is 1. The maximum atomic E-state index is 10.6. The van der Waals surface area contributed by atoms with Gasteiger partial charge in [-0.15, -0.1) is 0 Å². The number of carbonyl (C=O) groups excluding carboxylic acids is 1. The first-order chi connectivity index (χ1) is 5.86. The summed E-state index contributed by atoms with van der Waals surface area (Å²) >= 11 is 0. The van der Waals surface area contributed by atoms with E-state index in [2.05, 4.69) is 5.32 Å². The van der Waals surface area contributed by atoms with Crippen molar-refractivity contribution in [2.75, 3.05) is 12.8 Å². The fourth-order valence-corrected chi connectivity index (χ4v) is 1.22. The van der Waals surface area contributed by atoms with Gasteiger partial charge in [0.1, 0.15) is 12.1 Å². The van der Waals surface area contributed by atoms with Crippen LogP contribution in [-0.2, 0) is 19.6 Å². The summed E-state index contributed by atoms with van der Waals surface area (Å²) in [5.74, 6) is -0.0683. The Kier molecular flexibility index (Phi) is 2.89. The standard InChI is InChI=1S/C5H7NO2.CH4O3S/c7-5-4-1-3(8-5)2-6-4;1-5(2,3)4/h3-4,6H,1-2H2;1H3,(H,2,3,4)/t3-,4+;/m0./s1. The minimum absolute atomic E-state index is 0.0278. The van der Waals surface area contributed by atoms with Gasteiger partial charge in [-0.25, -0.2) is 0 Å². The van der Waals surface area contributed by atoms with Crippen molar-refractivity contribution >= 4 is 16.1 Å². The number of ether oxygens (including phenoxy) is 1. The fourth-order valence-electron chi connectivity index (χ4n) is 1.22. The number of rotatable bonds is 0. The van der Waals surface area contributed by atoms with Crippen molar-refractivity contribution in [3.05, 3.63) is 0 Å². The highest BCUT2D eigenvalue weighted by molar-refractivity contribution is 7.85. The predicted molar refractivity (Wildman–Crippen MR) is 43.8 cm³/mol. The number of morpholine rings is 1. The molecule has 0 spiro atoms. The first kappa shape index (κ1) is 10.4. The van der Waals surface area contributed by atoms with E-state index in [9.17, 15) is 13.2 Å². The third kappa shape index (κ3) is 3.71. The molecule has 2 bridgehead atoms. The van der Waals surface area contributed by atoms with Gasteiger partial charge in [0.25, 0.3) is 10.1 Å². The summed E-state index contributed by atoms with van der Waals surface area (Å²) < 4.78 is 30.7. The first-order valence-corrected chi connectivity index (χ1v) is 5.57. The van der Waals surface area contributed by atoms with Crippen LogP contribution in [0.4, 0.5) is 0 Å². The van der Waals surface area contributed by atoms with Crippen molar-refractivity contribution in [1.29, 1.82) is 0 Å². The Morgan fingerprint density at radius 1 is 1.62 bits per heavy atom. The summed E-state index contributed by atoms with van der Waals surface area (Å²) in [7, 11) is -3.67. The average molecular weight is 209 g/mol. The van der Waals surface area contributed by atoms with Crippen LogP contribution in [0.5, 0.6) is 0 Å². The Morgan fingerprint density at radius 3 is 2.31 bits per heavy atom. The lowest BCUT2D eigenvalue weighted by Gasteiger charge is -2.09. The van der Waals surface area contributed by atoms with Crippen molar-refractivity contribution in [1.82, 2.24) is 5.32 Å². The molecule has 2 aliphatic rings.